The number of pyridine rings is 1. The molecule has 0 unspecified atom stereocenters. The van der Waals surface area contributed by atoms with E-state index >= 15 is 0 Å². The van der Waals surface area contributed by atoms with Crippen LogP contribution in [-0.2, 0) is 0 Å². The number of fused-ring (bicyclic) bond motifs is 1. The molecule has 0 spiro atoms. The molecule has 80 valence electrons. The van der Waals surface area contributed by atoms with Gasteiger partial charge in [-0.15, -0.1) is 0 Å². The summed E-state index contributed by atoms with van der Waals surface area (Å²) in [4.78, 5) is 4.19. The second-order valence-corrected chi connectivity index (χ2v) is 4.76. The summed E-state index contributed by atoms with van der Waals surface area (Å²) in [5.41, 5.74) is 7.30. The summed E-state index contributed by atoms with van der Waals surface area (Å²) in [7, 11) is 0. The second-order valence-electron chi connectivity index (χ2n) is 3.55. The van der Waals surface area contributed by atoms with Gasteiger partial charge in [0.15, 0.2) is 5.82 Å². The van der Waals surface area contributed by atoms with Crippen LogP contribution in [0.4, 0.5) is 5.82 Å². The molecule has 6 heteroatoms. The van der Waals surface area contributed by atoms with Gasteiger partial charge in [-0.05, 0) is 35.8 Å². The predicted octanol–water partition coefficient (Wildman–Crippen LogP) is 3.01. The maximum Gasteiger partial charge on any atom is 0.172 e. The van der Waals surface area contributed by atoms with Crippen molar-refractivity contribution in [3.8, 4) is 0 Å². The van der Waals surface area contributed by atoms with Crippen LogP contribution in [0, 0.1) is 0 Å². The highest BCUT2D eigenvalue weighted by atomic mass is 79.9. The molecule has 0 aliphatic carbocycles. The summed E-state index contributed by atoms with van der Waals surface area (Å²) < 4.78 is 2.58. The van der Waals surface area contributed by atoms with Gasteiger partial charge in [0.05, 0.1) is 9.99 Å². The maximum atomic E-state index is 5.90. The van der Waals surface area contributed by atoms with Crippen LogP contribution in [-0.4, -0.2) is 14.8 Å². The Balaban J connectivity index is 2.82. The second kappa shape index (κ2) is 3.64. The Kier molecular flexibility index (Phi) is 2.60. The van der Waals surface area contributed by atoms with Gasteiger partial charge in [0.25, 0.3) is 0 Å². The summed E-state index contributed by atoms with van der Waals surface area (Å²) in [5, 5.41) is 4.62. The number of halogens is 2. The summed E-state index contributed by atoms with van der Waals surface area (Å²) in [6.45, 7) is 4.07. The lowest BCUT2D eigenvalue weighted by Gasteiger charge is -2.06. The number of hydrogen-bond donors (Lipinski definition) is 1. The standard InChI is InChI=1S/C9H10BrClN4/c1-4(2)15-6-3-5(10)8(11)13-7(6)9(12)14-15/h3-4H,1-2H3,(H2,12,14). The first-order valence-corrected chi connectivity index (χ1v) is 5.67. The van der Waals surface area contributed by atoms with Crippen LogP contribution in [0.25, 0.3) is 11.0 Å². The summed E-state index contributed by atoms with van der Waals surface area (Å²) >= 11 is 9.23. The van der Waals surface area contributed by atoms with Crippen molar-refractivity contribution in [3.63, 3.8) is 0 Å². The molecule has 4 nitrogen and oxygen atoms in total. The quantitative estimate of drug-likeness (QED) is 0.821. The van der Waals surface area contributed by atoms with Crippen LogP contribution >= 0.6 is 27.5 Å². The van der Waals surface area contributed by atoms with Crippen molar-refractivity contribution in [2.45, 2.75) is 19.9 Å². The van der Waals surface area contributed by atoms with E-state index in [4.69, 9.17) is 17.3 Å². The van der Waals surface area contributed by atoms with Gasteiger partial charge in [0, 0.05) is 6.04 Å². The first-order chi connectivity index (χ1) is 7.00. The summed E-state index contributed by atoms with van der Waals surface area (Å²) in [6.07, 6.45) is 0. The van der Waals surface area contributed by atoms with Crippen molar-refractivity contribution >= 4 is 44.4 Å². The highest BCUT2D eigenvalue weighted by molar-refractivity contribution is 9.10. The van der Waals surface area contributed by atoms with E-state index < -0.39 is 0 Å². The molecule has 0 saturated heterocycles. The third kappa shape index (κ3) is 1.70. The van der Waals surface area contributed by atoms with Gasteiger partial charge < -0.3 is 5.73 Å². The van der Waals surface area contributed by atoms with E-state index in [2.05, 4.69) is 26.0 Å². The molecule has 0 saturated carbocycles. The molecular formula is C9H10BrClN4. The van der Waals surface area contributed by atoms with Crippen molar-refractivity contribution in [1.82, 2.24) is 14.8 Å². The Bertz CT molecular complexity index is 520. The molecule has 0 fully saturated rings. The molecule has 0 aliphatic heterocycles. The van der Waals surface area contributed by atoms with Crippen molar-refractivity contribution in [1.29, 1.82) is 0 Å². The average molecular weight is 290 g/mol. The smallest absolute Gasteiger partial charge is 0.172 e. The molecule has 0 aliphatic rings. The first kappa shape index (κ1) is 10.7. The van der Waals surface area contributed by atoms with Crippen molar-refractivity contribution in [2.75, 3.05) is 5.73 Å². The number of nitrogens with two attached hydrogens (primary N) is 1. The molecule has 2 rings (SSSR count). The SMILES string of the molecule is CC(C)n1nc(N)c2nc(Cl)c(Br)cc21. The third-order valence-electron chi connectivity index (χ3n) is 2.11. The number of nitrogen functional groups attached to an aromatic ring is 1. The topological polar surface area (TPSA) is 56.7 Å². The monoisotopic (exact) mass is 288 g/mol. The normalized spacial score (nSPS) is 11.5. The van der Waals surface area contributed by atoms with Crippen molar-refractivity contribution in [3.05, 3.63) is 15.7 Å². The summed E-state index contributed by atoms with van der Waals surface area (Å²) in [5.74, 6) is 0.410. The van der Waals surface area contributed by atoms with E-state index in [0.717, 1.165) is 9.99 Å². The Morgan fingerprint density at radius 3 is 2.80 bits per heavy atom. The minimum Gasteiger partial charge on any atom is -0.380 e. The van der Waals surface area contributed by atoms with Gasteiger partial charge in [-0.1, -0.05) is 11.6 Å². The molecule has 0 atom stereocenters. The molecule has 0 amide bonds. The molecule has 15 heavy (non-hydrogen) atoms. The Hall–Kier alpha value is -0.810. The van der Waals surface area contributed by atoms with E-state index in [0.29, 0.717) is 16.5 Å². The fourth-order valence-corrected chi connectivity index (χ4v) is 1.88. The van der Waals surface area contributed by atoms with Gasteiger partial charge in [0.2, 0.25) is 0 Å². The Morgan fingerprint density at radius 1 is 1.53 bits per heavy atom. The molecule has 2 aromatic rings. The minimum absolute atomic E-state index is 0.236. The van der Waals surface area contributed by atoms with Crippen LogP contribution in [0.3, 0.4) is 0 Å². The van der Waals surface area contributed by atoms with Crippen LogP contribution in [0.2, 0.25) is 5.15 Å². The minimum atomic E-state index is 0.236. The Morgan fingerprint density at radius 2 is 2.20 bits per heavy atom. The molecule has 0 aromatic carbocycles. The number of aromatic nitrogens is 3. The van der Waals surface area contributed by atoms with Gasteiger partial charge >= 0.3 is 0 Å². The van der Waals surface area contributed by atoms with E-state index in [1.165, 1.54) is 0 Å². The number of hydrogen-bond acceptors (Lipinski definition) is 3. The summed E-state index contributed by atoms with van der Waals surface area (Å²) in [6, 6.07) is 2.12. The van der Waals surface area contributed by atoms with Crippen molar-refractivity contribution in [2.24, 2.45) is 0 Å². The molecule has 2 heterocycles. The van der Waals surface area contributed by atoms with Gasteiger partial charge in [-0.25, -0.2) is 4.98 Å². The van der Waals surface area contributed by atoms with E-state index in [-0.39, 0.29) is 6.04 Å². The van der Waals surface area contributed by atoms with E-state index in [1.54, 1.807) is 0 Å². The molecule has 0 bridgehead atoms. The molecular weight excluding hydrogens is 279 g/mol. The molecule has 0 radical (unpaired) electrons. The fraction of sp³-hybridized carbons (Fsp3) is 0.333. The zero-order valence-electron chi connectivity index (χ0n) is 8.33. The maximum absolute atomic E-state index is 5.90. The lowest BCUT2D eigenvalue weighted by Crippen LogP contribution is -2.02. The number of nitrogens with zero attached hydrogens (tertiary/aromatic N) is 3. The predicted molar refractivity (Wildman–Crippen MR) is 65.0 cm³/mol. The molecule has 2 N–H and O–H groups in total. The van der Waals surface area contributed by atoms with Gasteiger partial charge in [-0.2, -0.15) is 5.10 Å². The Labute approximate surface area is 101 Å². The zero-order valence-corrected chi connectivity index (χ0v) is 10.7. The van der Waals surface area contributed by atoms with E-state index in [1.807, 2.05) is 24.6 Å². The van der Waals surface area contributed by atoms with Gasteiger partial charge in [-0.3, -0.25) is 4.68 Å². The van der Waals surface area contributed by atoms with Crippen LogP contribution in [0.15, 0.2) is 10.5 Å². The van der Waals surface area contributed by atoms with E-state index in [9.17, 15) is 0 Å². The first-order valence-electron chi connectivity index (χ1n) is 4.50. The van der Waals surface area contributed by atoms with Gasteiger partial charge in [0.1, 0.15) is 10.7 Å². The van der Waals surface area contributed by atoms with Crippen molar-refractivity contribution < 1.29 is 0 Å². The lowest BCUT2D eigenvalue weighted by molar-refractivity contribution is 0.553. The average Bonchev–Trinajstić information content (AvgIpc) is 2.45. The van der Waals surface area contributed by atoms with Crippen LogP contribution < -0.4 is 5.73 Å². The zero-order chi connectivity index (χ0) is 11.2. The van der Waals surface area contributed by atoms with Crippen LogP contribution in [0.1, 0.15) is 19.9 Å². The number of anilines is 1. The number of rotatable bonds is 1. The van der Waals surface area contributed by atoms with Crippen LogP contribution in [0.5, 0.6) is 0 Å². The fourth-order valence-electron chi connectivity index (χ4n) is 1.43. The largest absolute Gasteiger partial charge is 0.380 e. The lowest BCUT2D eigenvalue weighted by atomic mass is 10.3. The third-order valence-corrected chi connectivity index (χ3v) is 3.23. The highest BCUT2D eigenvalue weighted by Crippen LogP contribution is 2.29. The molecule has 2 aromatic heterocycles. The highest BCUT2D eigenvalue weighted by Gasteiger charge is 2.13.